The lowest BCUT2D eigenvalue weighted by molar-refractivity contribution is -0.0400. The molecule has 0 saturated carbocycles. The highest BCUT2D eigenvalue weighted by atomic mass is 31.2. The Morgan fingerprint density at radius 3 is 2.53 bits per heavy atom. The molecular weight excluding hydrogens is 614 g/mol. The van der Waals surface area contributed by atoms with E-state index in [1.54, 1.807) is 0 Å². The molecule has 0 aliphatic carbocycles. The third-order valence-electron chi connectivity index (χ3n) is 6.91. The van der Waals surface area contributed by atoms with Crippen LogP contribution in [0.2, 0.25) is 0 Å². The lowest BCUT2D eigenvalue weighted by Gasteiger charge is -2.19. The predicted octanol–water partition coefficient (Wildman–Crippen LogP) is -0.190. The van der Waals surface area contributed by atoms with E-state index in [9.17, 15) is 28.8 Å². The minimum atomic E-state index is -4.51. The summed E-state index contributed by atoms with van der Waals surface area (Å²) in [6.07, 6.45) is -0.553. The summed E-state index contributed by atoms with van der Waals surface area (Å²) in [5.41, 5.74) is 11.7. The number of hydrogen-bond donors (Lipinski definition) is 6. The molecule has 2 unspecified atom stereocenters. The van der Waals surface area contributed by atoms with E-state index in [-0.39, 0.29) is 35.8 Å². The van der Waals surface area contributed by atoms with Crippen molar-refractivity contribution < 1.29 is 42.5 Å². The first-order chi connectivity index (χ1) is 20.5. The summed E-state index contributed by atoms with van der Waals surface area (Å²) in [4.78, 5) is 54.8. The number of aromatic amines is 1. The number of nitrogens with two attached hydrogens (primary N) is 2. The minimum Gasteiger partial charge on any atom is -0.394 e. The van der Waals surface area contributed by atoms with Crippen molar-refractivity contribution in [3.8, 4) is 0 Å². The number of aliphatic hydroxyl groups excluding tert-OH is 1. The largest absolute Gasteiger partial charge is 0.695 e. The van der Waals surface area contributed by atoms with Crippen LogP contribution in [0.3, 0.4) is 0 Å². The SMILES string of the molecule is Nc1nc2c(ncn2[C@H]2C[C@H](OP(=O)(O)/C=C/[C@H]3O[C@@H](n4cnc5c(N)ncnc54)C[C@@H]3O[P+](=O)O)[C@@H](CO)O2)c(=O)[nH]1. The molecule has 0 radical (unpaired) electrons. The van der Waals surface area contributed by atoms with E-state index < -0.39 is 64.9 Å². The van der Waals surface area contributed by atoms with Crippen LogP contribution in [0.1, 0.15) is 25.3 Å². The van der Waals surface area contributed by atoms with E-state index >= 15 is 0 Å². The second kappa shape index (κ2) is 11.4. The predicted molar refractivity (Wildman–Crippen MR) is 145 cm³/mol. The Kier molecular flexibility index (Phi) is 7.80. The number of hydrogen-bond acceptors (Lipinski definition) is 15. The Morgan fingerprint density at radius 1 is 1.09 bits per heavy atom. The molecular formula is C21H25N10O10P2+. The first-order valence-electron chi connectivity index (χ1n) is 12.6. The van der Waals surface area contributed by atoms with Crippen molar-refractivity contribution in [3.63, 3.8) is 0 Å². The van der Waals surface area contributed by atoms with Crippen LogP contribution in [-0.2, 0) is 27.7 Å². The van der Waals surface area contributed by atoms with Crippen LogP contribution in [0, 0.1) is 0 Å². The molecule has 6 heterocycles. The lowest BCUT2D eigenvalue weighted by atomic mass is 10.2. The van der Waals surface area contributed by atoms with E-state index in [0.717, 1.165) is 5.82 Å². The van der Waals surface area contributed by atoms with Crippen molar-refractivity contribution in [2.75, 3.05) is 18.1 Å². The maximum absolute atomic E-state index is 13.1. The average Bonchev–Trinajstić information content (AvgIpc) is 3.72. The van der Waals surface area contributed by atoms with Gasteiger partial charge in [-0.1, -0.05) is 0 Å². The zero-order valence-corrected chi connectivity index (χ0v) is 23.6. The van der Waals surface area contributed by atoms with E-state index in [1.165, 1.54) is 34.2 Å². The van der Waals surface area contributed by atoms with Crippen molar-refractivity contribution >= 4 is 49.9 Å². The summed E-state index contributed by atoms with van der Waals surface area (Å²) in [5.74, 6) is 0.873. The first kappa shape index (κ1) is 29.4. The summed E-state index contributed by atoms with van der Waals surface area (Å²) in [7, 11) is -7.55. The molecule has 0 aromatic carbocycles. The highest BCUT2D eigenvalue weighted by Gasteiger charge is 2.43. The second-order valence-corrected chi connectivity index (χ2v) is 12.0. The molecule has 2 aliphatic rings. The van der Waals surface area contributed by atoms with E-state index in [1.807, 2.05) is 0 Å². The number of nitrogen functional groups attached to an aromatic ring is 2. The standard InChI is InChI=1S/C21H24N10O10P2/c22-17-15-18(25-6-24-17)30(7-26-15)13-3-10(40-42(34)35)9(38-13)1-2-43(36,37)41-11-4-14(39-12(11)5-32)31-8-27-16-19(31)28-21(23)29-20(16)33/h1-2,6-14,32H,3-5H2,(H6-,22,23,24,25,28,29,33,34,35,36,37)/p+1/b2-1+/t9-,10+,11+,12-,13-,14-/m1/s1. The quantitative estimate of drug-likeness (QED) is 0.129. The van der Waals surface area contributed by atoms with Gasteiger partial charge >= 0.3 is 15.9 Å². The summed E-state index contributed by atoms with van der Waals surface area (Å²) in [6.45, 7) is -0.548. The van der Waals surface area contributed by atoms with Gasteiger partial charge in [-0.25, -0.2) is 19.9 Å². The van der Waals surface area contributed by atoms with Crippen LogP contribution in [0.25, 0.3) is 22.3 Å². The van der Waals surface area contributed by atoms with E-state index in [0.29, 0.717) is 11.2 Å². The van der Waals surface area contributed by atoms with Crippen molar-refractivity contribution in [2.45, 2.75) is 49.7 Å². The van der Waals surface area contributed by atoms with Gasteiger partial charge in [0.15, 0.2) is 28.7 Å². The van der Waals surface area contributed by atoms with Gasteiger partial charge in [-0.15, -0.1) is 9.42 Å². The first-order valence-corrected chi connectivity index (χ1v) is 15.4. The fourth-order valence-electron chi connectivity index (χ4n) is 5.03. The summed E-state index contributed by atoms with van der Waals surface area (Å²) < 4.78 is 49.9. The monoisotopic (exact) mass is 639 g/mol. The third-order valence-corrected chi connectivity index (χ3v) is 8.48. The topological polar surface area (TPSA) is 291 Å². The van der Waals surface area contributed by atoms with E-state index in [4.69, 9.17) is 30.0 Å². The Balaban J connectivity index is 1.18. The van der Waals surface area contributed by atoms with Gasteiger partial charge in [-0.05, 0) is 6.08 Å². The molecule has 4 aromatic heterocycles. The fourth-order valence-corrected chi connectivity index (χ4v) is 6.53. The maximum atomic E-state index is 13.1. The molecule has 8 N–H and O–H groups in total. The number of rotatable bonds is 9. The van der Waals surface area contributed by atoms with Gasteiger partial charge in [0.2, 0.25) is 5.95 Å². The number of aliphatic hydroxyl groups is 1. The van der Waals surface area contributed by atoms with Crippen molar-refractivity contribution in [1.82, 2.24) is 39.0 Å². The molecule has 22 heteroatoms. The number of nitrogens with zero attached hydrogens (tertiary/aromatic N) is 7. The van der Waals surface area contributed by atoms with Gasteiger partial charge in [0.05, 0.1) is 19.3 Å². The molecule has 2 fully saturated rings. The zero-order chi connectivity index (χ0) is 30.5. The smallest absolute Gasteiger partial charge is 0.394 e. The van der Waals surface area contributed by atoms with Crippen molar-refractivity contribution in [2.24, 2.45) is 0 Å². The summed E-state index contributed by atoms with van der Waals surface area (Å²) in [5, 5.41) is 9.86. The van der Waals surface area contributed by atoms with Crippen LogP contribution in [0.5, 0.6) is 0 Å². The van der Waals surface area contributed by atoms with Gasteiger partial charge in [-0.3, -0.25) is 28.0 Å². The van der Waals surface area contributed by atoms with E-state index in [2.05, 4.69) is 29.9 Å². The van der Waals surface area contributed by atoms with Crippen molar-refractivity contribution in [3.05, 3.63) is 41.2 Å². The highest BCUT2D eigenvalue weighted by Crippen LogP contribution is 2.49. The number of aromatic nitrogens is 8. The Labute approximate surface area is 240 Å². The summed E-state index contributed by atoms with van der Waals surface area (Å²) >= 11 is 0. The molecule has 20 nitrogen and oxygen atoms in total. The Morgan fingerprint density at radius 2 is 1.79 bits per heavy atom. The molecule has 2 saturated heterocycles. The van der Waals surface area contributed by atoms with Crippen LogP contribution in [-0.4, -0.2) is 85.0 Å². The molecule has 0 spiro atoms. The van der Waals surface area contributed by atoms with Gasteiger partial charge in [-0.2, -0.15) is 4.98 Å². The molecule has 0 bridgehead atoms. The number of imidazole rings is 2. The van der Waals surface area contributed by atoms with Crippen LogP contribution in [0.15, 0.2) is 35.7 Å². The molecule has 43 heavy (non-hydrogen) atoms. The Hall–Kier alpha value is -3.71. The number of ether oxygens (including phenoxy) is 2. The van der Waals surface area contributed by atoms with Gasteiger partial charge < -0.3 is 30.9 Å². The molecule has 8 atom stereocenters. The number of nitrogens with one attached hydrogen (secondary N) is 1. The number of fused-ring (bicyclic) bond motifs is 2. The third kappa shape index (κ3) is 5.79. The molecule has 4 aromatic rings. The van der Waals surface area contributed by atoms with Gasteiger partial charge in [0, 0.05) is 23.2 Å². The normalized spacial score (nSPS) is 27.8. The van der Waals surface area contributed by atoms with Gasteiger partial charge in [0.25, 0.3) is 5.56 Å². The van der Waals surface area contributed by atoms with Gasteiger partial charge in [0.1, 0.15) is 42.6 Å². The van der Waals surface area contributed by atoms with Crippen LogP contribution < -0.4 is 17.0 Å². The Bertz CT molecular complexity index is 1830. The summed E-state index contributed by atoms with van der Waals surface area (Å²) in [6, 6.07) is 0. The number of anilines is 2. The van der Waals surface area contributed by atoms with Crippen LogP contribution in [0.4, 0.5) is 11.8 Å². The lowest BCUT2D eigenvalue weighted by Crippen LogP contribution is -2.27. The molecule has 6 rings (SSSR count). The zero-order valence-electron chi connectivity index (χ0n) is 21.9. The maximum Gasteiger partial charge on any atom is 0.695 e. The molecule has 0 amide bonds. The fraction of sp³-hybridized carbons (Fsp3) is 0.429. The van der Waals surface area contributed by atoms with Crippen molar-refractivity contribution in [1.29, 1.82) is 0 Å². The average molecular weight is 639 g/mol. The number of H-pyrrole nitrogens is 1. The second-order valence-electron chi connectivity index (χ2n) is 9.63. The molecule has 228 valence electrons. The highest BCUT2D eigenvalue weighted by molar-refractivity contribution is 7.56. The molecule has 2 aliphatic heterocycles. The minimum absolute atomic E-state index is 0.00866. The van der Waals surface area contributed by atoms with Crippen LogP contribution >= 0.6 is 15.9 Å².